The van der Waals surface area contributed by atoms with E-state index in [4.69, 9.17) is 10.5 Å². The molecule has 0 radical (unpaired) electrons. The summed E-state index contributed by atoms with van der Waals surface area (Å²) in [4.78, 5) is 0. The normalized spacial score (nSPS) is 43.7. The van der Waals surface area contributed by atoms with E-state index in [9.17, 15) is 13.2 Å². The van der Waals surface area contributed by atoms with Crippen LogP contribution in [0.3, 0.4) is 0 Å². The summed E-state index contributed by atoms with van der Waals surface area (Å²) in [5.41, 5.74) is 5.73. The van der Waals surface area contributed by atoms with Crippen molar-refractivity contribution in [1.29, 1.82) is 0 Å². The topological polar surface area (TPSA) is 35.2 Å². The molecule has 0 bridgehead atoms. The molecular weight excluding hydrogens is 195 g/mol. The molecule has 0 amide bonds. The monoisotopic (exact) mass is 209 g/mol. The summed E-state index contributed by atoms with van der Waals surface area (Å²) in [6.07, 6.45) is -3.40. The van der Waals surface area contributed by atoms with Gasteiger partial charge in [-0.25, -0.2) is 0 Å². The Kier molecular flexibility index (Phi) is 2.47. The molecule has 4 atom stereocenters. The highest BCUT2D eigenvalue weighted by Gasteiger charge is 2.49. The fourth-order valence-electron chi connectivity index (χ4n) is 2.54. The molecule has 2 rings (SSSR count). The van der Waals surface area contributed by atoms with E-state index in [0.717, 1.165) is 6.42 Å². The lowest BCUT2D eigenvalue weighted by molar-refractivity contribution is -0.193. The molecule has 2 aliphatic rings. The molecule has 2 fully saturated rings. The first kappa shape index (κ1) is 10.2. The van der Waals surface area contributed by atoms with E-state index in [2.05, 4.69) is 0 Å². The highest BCUT2D eigenvalue weighted by Crippen LogP contribution is 2.43. The van der Waals surface area contributed by atoms with Crippen molar-refractivity contribution in [2.45, 2.75) is 37.6 Å². The van der Waals surface area contributed by atoms with Crippen molar-refractivity contribution in [3.05, 3.63) is 0 Å². The SMILES string of the molecule is N[C@@H]1C[C@H](C(F)(F)F)C[C@H]2OCC[C@H]12. The Hall–Kier alpha value is -0.290. The molecule has 0 aromatic heterocycles. The molecule has 0 unspecified atom stereocenters. The van der Waals surface area contributed by atoms with E-state index in [1.54, 1.807) is 0 Å². The highest BCUT2D eigenvalue weighted by molar-refractivity contribution is 4.94. The van der Waals surface area contributed by atoms with E-state index in [-0.39, 0.29) is 30.9 Å². The quantitative estimate of drug-likeness (QED) is 0.659. The van der Waals surface area contributed by atoms with Crippen LogP contribution in [-0.4, -0.2) is 24.9 Å². The molecule has 5 heteroatoms. The molecule has 14 heavy (non-hydrogen) atoms. The minimum absolute atomic E-state index is 0.0635. The highest BCUT2D eigenvalue weighted by atomic mass is 19.4. The average Bonchev–Trinajstić information content (AvgIpc) is 2.50. The maximum absolute atomic E-state index is 12.5. The Morgan fingerprint density at radius 2 is 1.93 bits per heavy atom. The lowest BCUT2D eigenvalue weighted by Gasteiger charge is -2.36. The second-order valence-corrected chi connectivity index (χ2v) is 4.24. The molecule has 2 N–H and O–H groups in total. The van der Waals surface area contributed by atoms with E-state index < -0.39 is 12.1 Å². The second-order valence-electron chi connectivity index (χ2n) is 4.24. The number of hydrogen-bond donors (Lipinski definition) is 1. The third kappa shape index (κ3) is 1.75. The van der Waals surface area contributed by atoms with Gasteiger partial charge in [0.25, 0.3) is 0 Å². The van der Waals surface area contributed by atoms with Gasteiger partial charge in [0.1, 0.15) is 0 Å². The molecule has 82 valence electrons. The van der Waals surface area contributed by atoms with Gasteiger partial charge < -0.3 is 10.5 Å². The van der Waals surface area contributed by atoms with Gasteiger partial charge in [-0.15, -0.1) is 0 Å². The average molecular weight is 209 g/mol. The van der Waals surface area contributed by atoms with E-state index >= 15 is 0 Å². The molecule has 1 aliphatic heterocycles. The number of ether oxygens (including phenoxy) is 1. The van der Waals surface area contributed by atoms with Crippen molar-refractivity contribution in [2.75, 3.05) is 6.61 Å². The summed E-state index contributed by atoms with van der Waals surface area (Å²) in [5, 5.41) is 0. The van der Waals surface area contributed by atoms with Gasteiger partial charge in [0, 0.05) is 18.6 Å². The Labute approximate surface area is 80.6 Å². The van der Waals surface area contributed by atoms with Crippen molar-refractivity contribution in [1.82, 2.24) is 0 Å². The predicted octanol–water partition coefficient (Wildman–Crippen LogP) is 1.69. The Bertz CT molecular complexity index is 219. The minimum Gasteiger partial charge on any atom is -0.378 e. The molecule has 0 aromatic carbocycles. The molecule has 0 spiro atoms. The summed E-state index contributed by atoms with van der Waals surface area (Å²) in [7, 11) is 0. The maximum atomic E-state index is 12.5. The molecule has 1 saturated heterocycles. The first-order chi connectivity index (χ1) is 6.48. The van der Waals surface area contributed by atoms with Crippen molar-refractivity contribution in [3.8, 4) is 0 Å². The van der Waals surface area contributed by atoms with Gasteiger partial charge in [0.15, 0.2) is 0 Å². The van der Waals surface area contributed by atoms with Crippen molar-refractivity contribution < 1.29 is 17.9 Å². The van der Waals surface area contributed by atoms with Crippen LogP contribution in [0.1, 0.15) is 19.3 Å². The second kappa shape index (κ2) is 3.38. The number of alkyl halides is 3. The molecule has 0 aromatic rings. The van der Waals surface area contributed by atoms with Crippen LogP contribution in [0, 0.1) is 11.8 Å². The fraction of sp³-hybridized carbons (Fsp3) is 1.00. The number of hydrogen-bond acceptors (Lipinski definition) is 2. The zero-order chi connectivity index (χ0) is 10.3. The molecule has 2 nitrogen and oxygen atoms in total. The van der Waals surface area contributed by atoms with Gasteiger partial charge in [-0.05, 0) is 19.3 Å². The number of rotatable bonds is 0. The van der Waals surface area contributed by atoms with Gasteiger partial charge in [0.05, 0.1) is 12.0 Å². The van der Waals surface area contributed by atoms with Gasteiger partial charge >= 0.3 is 6.18 Å². The van der Waals surface area contributed by atoms with Gasteiger partial charge in [-0.3, -0.25) is 0 Å². The zero-order valence-electron chi connectivity index (χ0n) is 7.76. The van der Waals surface area contributed by atoms with Crippen LogP contribution in [0.5, 0.6) is 0 Å². The molecular formula is C9H14F3NO. The first-order valence-corrected chi connectivity index (χ1v) is 4.92. The first-order valence-electron chi connectivity index (χ1n) is 4.92. The molecule has 1 aliphatic carbocycles. The third-order valence-corrected chi connectivity index (χ3v) is 3.35. The third-order valence-electron chi connectivity index (χ3n) is 3.35. The summed E-state index contributed by atoms with van der Waals surface area (Å²) in [5.74, 6) is -1.12. The van der Waals surface area contributed by atoms with Crippen molar-refractivity contribution in [2.24, 2.45) is 17.6 Å². The fourth-order valence-corrected chi connectivity index (χ4v) is 2.54. The van der Waals surface area contributed by atoms with Crippen LogP contribution in [0.2, 0.25) is 0 Å². The number of fused-ring (bicyclic) bond motifs is 1. The smallest absolute Gasteiger partial charge is 0.378 e. The number of halogens is 3. The van der Waals surface area contributed by atoms with Crippen molar-refractivity contribution >= 4 is 0 Å². The van der Waals surface area contributed by atoms with Crippen LogP contribution in [-0.2, 0) is 4.74 Å². The summed E-state index contributed by atoms with van der Waals surface area (Å²) in [6.45, 7) is 0.563. The van der Waals surface area contributed by atoms with E-state index in [1.165, 1.54) is 0 Å². The van der Waals surface area contributed by atoms with E-state index in [0.29, 0.717) is 6.61 Å². The standard InChI is InChI=1S/C9H14F3NO/c10-9(11,12)5-3-7(13)6-1-2-14-8(6)4-5/h5-8H,1-4,13H2/t5-,6+,7+,8+/m0/s1. The minimum atomic E-state index is -4.12. The lowest BCUT2D eigenvalue weighted by Crippen LogP contribution is -2.46. The number of nitrogens with two attached hydrogens (primary N) is 1. The van der Waals surface area contributed by atoms with Crippen LogP contribution in [0.4, 0.5) is 13.2 Å². The zero-order valence-corrected chi connectivity index (χ0v) is 7.76. The predicted molar refractivity (Wildman–Crippen MR) is 44.6 cm³/mol. The van der Waals surface area contributed by atoms with Crippen LogP contribution >= 0.6 is 0 Å². The Morgan fingerprint density at radius 1 is 1.21 bits per heavy atom. The van der Waals surface area contributed by atoms with Crippen LogP contribution < -0.4 is 5.73 Å². The Balaban J connectivity index is 2.06. The van der Waals surface area contributed by atoms with Crippen molar-refractivity contribution in [3.63, 3.8) is 0 Å². The van der Waals surface area contributed by atoms with Gasteiger partial charge in [0.2, 0.25) is 0 Å². The summed E-state index contributed by atoms with van der Waals surface area (Å²) >= 11 is 0. The maximum Gasteiger partial charge on any atom is 0.391 e. The lowest BCUT2D eigenvalue weighted by atomic mass is 9.76. The summed E-state index contributed by atoms with van der Waals surface area (Å²) in [6, 6.07) is -0.345. The Morgan fingerprint density at radius 3 is 2.57 bits per heavy atom. The van der Waals surface area contributed by atoms with Crippen LogP contribution in [0.25, 0.3) is 0 Å². The van der Waals surface area contributed by atoms with Gasteiger partial charge in [-0.2, -0.15) is 13.2 Å². The largest absolute Gasteiger partial charge is 0.391 e. The molecule has 1 saturated carbocycles. The molecule has 1 heterocycles. The van der Waals surface area contributed by atoms with Crippen LogP contribution in [0.15, 0.2) is 0 Å². The van der Waals surface area contributed by atoms with Gasteiger partial charge in [-0.1, -0.05) is 0 Å². The van der Waals surface area contributed by atoms with E-state index in [1.807, 2.05) is 0 Å². The summed E-state index contributed by atoms with van der Waals surface area (Å²) < 4.78 is 42.7.